The maximum absolute atomic E-state index is 12.2. The molecule has 116 valence electrons. The summed E-state index contributed by atoms with van der Waals surface area (Å²) in [5.41, 5.74) is 1.17. The number of carbonyl (C=O) groups is 2. The predicted molar refractivity (Wildman–Crippen MR) is 87.9 cm³/mol. The van der Waals surface area contributed by atoms with Crippen molar-refractivity contribution in [2.45, 2.75) is 18.6 Å². The van der Waals surface area contributed by atoms with Crippen LogP contribution in [0, 0.1) is 11.3 Å². The molecule has 0 bridgehead atoms. The van der Waals surface area contributed by atoms with Crippen molar-refractivity contribution in [2.24, 2.45) is 0 Å². The molecule has 1 unspecified atom stereocenters. The van der Waals surface area contributed by atoms with Crippen LogP contribution in [0.25, 0.3) is 11.3 Å². The number of nitriles is 1. The van der Waals surface area contributed by atoms with Gasteiger partial charge in [0.2, 0.25) is 11.8 Å². The van der Waals surface area contributed by atoms with E-state index in [4.69, 9.17) is 4.42 Å². The second kappa shape index (κ2) is 6.31. The highest BCUT2D eigenvalue weighted by atomic mass is 32.2. The summed E-state index contributed by atoms with van der Waals surface area (Å²) in [5.74, 6) is 0.685. The first kappa shape index (κ1) is 15.4. The van der Waals surface area contributed by atoms with Crippen molar-refractivity contribution in [3.63, 3.8) is 0 Å². The molecule has 1 atom stereocenters. The molecule has 1 aromatic carbocycles. The molecule has 2 aromatic rings. The number of hydrogen-bond acceptors (Lipinski definition) is 5. The summed E-state index contributed by atoms with van der Waals surface area (Å²) in [6.07, 6.45) is 0.274. The van der Waals surface area contributed by atoms with Crippen molar-refractivity contribution >= 4 is 28.7 Å². The molecule has 3 rings (SSSR count). The van der Waals surface area contributed by atoms with E-state index in [0.717, 1.165) is 17.3 Å². The Bertz CT molecular complexity index is 792. The lowest BCUT2D eigenvalue weighted by Gasteiger charge is -2.13. The van der Waals surface area contributed by atoms with Crippen molar-refractivity contribution in [2.75, 3.05) is 11.4 Å². The maximum Gasteiger partial charge on any atom is 0.230 e. The first-order valence-corrected chi connectivity index (χ1v) is 8.03. The zero-order chi connectivity index (χ0) is 16.4. The molecular weight excluding hydrogens is 312 g/mol. The molecule has 1 fully saturated rings. The molecular formula is C17H14N2O3S. The Morgan fingerprint density at radius 3 is 2.78 bits per heavy atom. The van der Waals surface area contributed by atoms with Crippen molar-refractivity contribution in [3.05, 3.63) is 42.0 Å². The van der Waals surface area contributed by atoms with Gasteiger partial charge in [-0.1, -0.05) is 42.1 Å². The molecule has 1 saturated heterocycles. The molecule has 1 aliphatic rings. The Morgan fingerprint density at radius 2 is 2.13 bits per heavy atom. The maximum atomic E-state index is 12.2. The van der Waals surface area contributed by atoms with E-state index in [2.05, 4.69) is 6.07 Å². The lowest BCUT2D eigenvalue weighted by molar-refractivity contribution is -0.117. The number of benzene rings is 1. The van der Waals surface area contributed by atoms with Crippen molar-refractivity contribution in [1.29, 1.82) is 5.26 Å². The van der Waals surface area contributed by atoms with Gasteiger partial charge >= 0.3 is 0 Å². The Morgan fingerprint density at radius 1 is 1.39 bits per heavy atom. The van der Waals surface area contributed by atoms with Crippen molar-refractivity contribution < 1.29 is 14.0 Å². The average Bonchev–Trinajstić information content (AvgIpc) is 3.10. The smallest absolute Gasteiger partial charge is 0.230 e. The number of hydrogen-bond donors (Lipinski definition) is 0. The lowest BCUT2D eigenvalue weighted by Crippen LogP contribution is -2.25. The Hall–Kier alpha value is -2.52. The molecule has 0 radical (unpaired) electrons. The van der Waals surface area contributed by atoms with E-state index in [0.29, 0.717) is 17.9 Å². The van der Waals surface area contributed by atoms with Crippen LogP contribution < -0.4 is 4.90 Å². The summed E-state index contributed by atoms with van der Waals surface area (Å²) in [6.45, 7) is 1.86. The Labute approximate surface area is 137 Å². The standard InChI is InChI=1S/C17H14N2O3S/c1-11(20)23-14-8-16(21)19(10-14)17-13(9-18)7-15(22-17)12-5-3-2-4-6-12/h2-7,14H,8,10H2,1H3. The van der Waals surface area contributed by atoms with Crippen molar-refractivity contribution in [1.82, 2.24) is 0 Å². The van der Waals surface area contributed by atoms with Gasteiger partial charge in [0.25, 0.3) is 0 Å². The van der Waals surface area contributed by atoms with Crippen LogP contribution in [0.3, 0.4) is 0 Å². The zero-order valence-corrected chi connectivity index (χ0v) is 13.3. The molecule has 0 aliphatic carbocycles. The first-order chi connectivity index (χ1) is 11.1. The molecule has 1 amide bonds. The van der Waals surface area contributed by atoms with Crippen LogP contribution in [0.1, 0.15) is 18.9 Å². The lowest BCUT2D eigenvalue weighted by atomic mass is 10.1. The zero-order valence-electron chi connectivity index (χ0n) is 12.5. The summed E-state index contributed by atoms with van der Waals surface area (Å²) < 4.78 is 5.79. The summed E-state index contributed by atoms with van der Waals surface area (Å²) in [7, 11) is 0. The molecule has 23 heavy (non-hydrogen) atoms. The molecule has 0 spiro atoms. The first-order valence-electron chi connectivity index (χ1n) is 7.15. The van der Waals surface area contributed by atoms with Gasteiger partial charge in [-0.3, -0.25) is 14.5 Å². The van der Waals surface area contributed by atoms with Gasteiger partial charge in [-0.15, -0.1) is 0 Å². The van der Waals surface area contributed by atoms with E-state index in [1.807, 2.05) is 30.3 Å². The summed E-state index contributed by atoms with van der Waals surface area (Å²) >= 11 is 1.15. The largest absolute Gasteiger partial charge is 0.439 e. The highest BCUT2D eigenvalue weighted by Gasteiger charge is 2.35. The average molecular weight is 326 g/mol. The summed E-state index contributed by atoms with van der Waals surface area (Å²) in [6, 6.07) is 13.1. The molecule has 0 N–H and O–H groups in total. The van der Waals surface area contributed by atoms with Crippen LogP contribution >= 0.6 is 11.8 Å². The fourth-order valence-corrected chi connectivity index (χ4v) is 3.51. The van der Waals surface area contributed by atoms with Gasteiger partial charge in [0.1, 0.15) is 17.4 Å². The third-order valence-electron chi connectivity index (χ3n) is 3.56. The fourth-order valence-electron chi connectivity index (χ4n) is 2.59. The molecule has 5 nitrogen and oxygen atoms in total. The van der Waals surface area contributed by atoms with Crippen LogP contribution in [0.15, 0.2) is 40.8 Å². The second-order valence-electron chi connectivity index (χ2n) is 5.25. The predicted octanol–water partition coefficient (Wildman–Crippen LogP) is 3.20. The number of rotatable bonds is 3. The quantitative estimate of drug-likeness (QED) is 0.866. The highest BCUT2D eigenvalue weighted by Crippen LogP contribution is 2.35. The van der Waals surface area contributed by atoms with Gasteiger partial charge in [0, 0.05) is 36.8 Å². The minimum absolute atomic E-state index is 0.0189. The van der Waals surface area contributed by atoms with Crippen LogP contribution in [0.2, 0.25) is 0 Å². The third-order valence-corrected chi connectivity index (χ3v) is 4.54. The van der Waals surface area contributed by atoms with Crippen LogP contribution in [-0.2, 0) is 9.59 Å². The third kappa shape index (κ3) is 3.15. The summed E-state index contributed by atoms with van der Waals surface area (Å²) in [4.78, 5) is 24.9. The molecule has 2 heterocycles. The van der Waals surface area contributed by atoms with Gasteiger partial charge in [-0.05, 0) is 0 Å². The normalized spacial score (nSPS) is 17.3. The van der Waals surface area contributed by atoms with Crippen molar-refractivity contribution in [3.8, 4) is 17.4 Å². The molecule has 6 heteroatoms. The molecule has 1 aliphatic heterocycles. The second-order valence-corrected chi connectivity index (χ2v) is 6.72. The summed E-state index contributed by atoms with van der Waals surface area (Å²) in [5, 5.41) is 9.21. The van der Waals surface area contributed by atoms with Gasteiger partial charge in [-0.25, -0.2) is 0 Å². The minimum Gasteiger partial charge on any atom is -0.439 e. The van der Waals surface area contributed by atoms with Gasteiger partial charge in [-0.2, -0.15) is 5.26 Å². The van der Waals surface area contributed by atoms with E-state index in [-0.39, 0.29) is 28.6 Å². The van der Waals surface area contributed by atoms with E-state index in [1.54, 1.807) is 6.07 Å². The van der Waals surface area contributed by atoms with Gasteiger partial charge in [0.05, 0.1) is 0 Å². The number of anilines is 1. The van der Waals surface area contributed by atoms with E-state index < -0.39 is 0 Å². The van der Waals surface area contributed by atoms with Gasteiger partial charge < -0.3 is 4.42 Å². The number of nitrogens with zero attached hydrogens (tertiary/aromatic N) is 2. The SMILES string of the molecule is CC(=O)SC1CC(=O)N(c2oc(-c3ccccc3)cc2C#N)C1. The molecule has 1 aromatic heterocycles. The Balaban J connectivity index is 1.91. The number of amides is 1. The van der Waals surface area contributed by atoms with Crippen LogP contribution in [-0.4, -0.2) is 22.8 Å². The van der Waals surface area contributed by atoms with E-state index in [9.17, 15) is 14.9 Å². The topological polar surface area (TPSA) is 74.3 Å². The minimum atomic E-state index is -0.130. The number of furan rings is 1. The number of carbonyl (C=O) groups excluding carboxylic acids is 2. The number of thioether (sulfide) groups is 1. The van der Waals surface area contributed by atoms with E-state index in [1.165, 1.54) is 11.8 Å². The fraction of sp³-hybridized carbons (Fsp3) is 0.235. The molecule has 0 saturated carbocycles. The van der Waals surface area contributed by atoms with Gasteiger partial charge in [0.15, 0.2) is 5.12 Å². The Kier molecular flexibility index (Phi) is 4.22. The van der Waals surface area contributed by atoms with E-state index >= 15 is 0 Å². The highest BCUT2D eigenvalue weighted by molar-refractivity contribution is 8.14. The van der Waals surface area contributed by atoms with Crippen LogP contribution in [0.4, 0.5) is 5.88 Å². The monoisotopic (exact) mass is 326 g/mol. The van der Waals surface area contributed by atoms with Crippen LogP contribution in [0.5, 0.6) is 0 Å².